The maximum absolute atomic E-state index is 12.2. The first-order valence-electron chi connectivity index (χ1n) is 8.16. The van der Waals surface area contributed by atoms with Crippen molar-refractivity contribution in [1.29, 1.82) is 0 Å². The van der Waals surface area contributed by atoms with E-state index in [-0.39, 0.29) is 18.1 Å². The topological polar surface area (TPSA) is 29.5 Å². The highest BCUT2D eigenvalue weighted by atomic mass is 35.5. The van der Waals surface area contributed by atoms with Gasteiger partial charge >= 0.3 is 0 Å². The number of rotatable bonds is 9. The number of nitrogens with zero attached hydrogens (tertiary/aromatic N) is 1. The van der Waals surface area contributed by atoms with Crippen LogP contribution in [0, 0.1) is 0 Å². The van der Waals surface area contributed by atoms with Gasteiger partial charge < -0.3 is 9.64 Å². The Kier molecular flexibility index (Phi) is 9.28. The summed E-state index contributed by atoms with van der Waals surface area (Å²) in [6.45, 7) is 5.55. The molecule has 0 aliphatic carbocycles. The number of halogens is 1. The lowest BCUT2D eigenvalue weighted by molar-refractivity contribution is -0.143. The summed E-state index contributed by atoms with van der Waals surface area (Å²) in [5.41, 5.74) is 0. The summed E-state index contributed by atoms with van der Waals surface area (Å²) in [5, 5.41) is 0. The van der Waals surface area contributed by atoms with E-state index >= 15 is 0 Å². The smallest absolute Gasteiger partial charge is 0.222 e. The number of morpholine rings is 1. The third-order valence-electron chi connectivity index (χ3n) is 3.99. The number of ether oxygens (including phenoxy) is 1. The molecule has 0 saturated carbocycles. The largest absolute Gasteiger partial charge is 0.373 e. The van der Waals surface area contributed by atoms with Crippen LogP contribution in [0.4, 0.5) is 0 Å². The second-order valence-corrected chi connectivity index (χ2v) is 6.18. The molecular formula is C16H30ClNO2. The minimum atomic E-state index is 0.00543. The molecule has 1 fully saturated rings. The molecule has 2 atom stereocenters. The van der Waals surface area contributed by atoms with Gasteiger partial charge in [0.25, 0.3) is 0 Å². The molecule has 0 radical (unpaired) electrons. The molecule has 1 saturated heterocycles. The zero-order valence-corrected chi connectivity index (χ0v) is 13.8. The van der Waals surface area contributed by atoms with Crippen LogP contribution in [0.15, 0.2) is 0 Å². The van der Waals surface area contributed by atoms with Crippen LogP contribution in [-0.4, -0.2) is 42.0 Å². The molecule has 20 heavy (non-hydrogen) atoms. The lowest BCUT2D eigenvalue weighted by Crippen LogP contribution is -2.51. The fourth-order valence-electron chi connectivity index (χ4n) is 2.64. The number of unbranched alkanes of at least 4 members (excludes halogenated alkanes) is 6. The van der Waals surface area contributed by atoms with Crippen LogP contribution in [0.2, 0.25) is 0 Å². The highest BCUT2D eigenvalue weighted by Gasteiger charge is 2.28. The van der Waals surface area contributed by atoms with E-state index in [1.807, 2.05) is 11.8 Å². The molecule has 0 aromatic rings. The second kappa shape index (κ2) is 10.4. The highest BCUT2D eigenvalue weighted by molar-refractivity contribution is 6.18. The molecule has 1 aliphatic rings. The van der Waals surface area contributed by atoms with Gasteiger partial charge in [-0.1, -0.05) is 45.4 Å². The van der Waals surface area contributed by atoms with E-state index in [4.69, 9.17) is 16.3 Å². The van der Waals surface area contributed by atoms with E-state index in [9.17, 15) is 4.79 Å². The predicted molar refractivity (Wildman–Crippen MR) is 84.2 cm³/mol. The maximum atomic E-state index is 12.2. The van der Waals surface area contributed by atoms with Crippen LogP contribution in [0.5, 0.6) is 0 Å². The Hall–Kier alpha value is -0.280. The first-order valence-corrected chi connectivity index (χ1v) is 8.69. The van der Waals surface area contributed by atoms with Gasteiger partial charge in [-0.25, -0.2) is 0 Å². The second-order valence-electron chi connectivity index (χ2n) is 5.88. The van der Waals surface area contributed by atoms with Gasteiger partial charge in [0.15, 0.2) is 0 Å². The number of amides is 1. The Balaban J connectivity index is 2.14. The first-order chi connectivity index (χ1) is 9.69. The molecule has 2 unspecified atom stereocenters. The molecule has 1 rings (SSSR count). The molecule has 0 aromatic heterocycles. The van der Waals surface area contributed by atoms with E-state index in [2.05, 4.69) is 6.92 Å². The number of carbonyl (C=O) groups is 1. The van der Waals surface area contributed by atoms with E-state index in [1.54, 1.807) is 0 Å². The number of hydrogen-bond acceptors (Lipinski definition) is 2. The molecule has 0 spiro atoms. The van der Waals surface area contributed by atoms with E-state index in [0.717, 1.165) is 6.42 Å². The number of alkyl halides is 1. The van der Waals surface area contributed by atoms with Crippen molar-refractivity contribution in [1.82, 2.24) is 4.90 Å². The minimum absolute atomic E-state index is 0.00543. The van der Waals surface area contributed by atoms with Crippen LogP contribution >= 0.6 is 11.6 Å². The normalized spacial score (nSPS) is 23.1. The molecule has 1 heterocycles. The van der Waals surface area contributed by atoms with E-state index in [0.29, 0.717) is 25.5 Å². The third kappa shape index (κ3) is 6.45. The van der Waals surface area contributed by atoms with Gasteiger partial charge in [0.1, 0.15) is 0 Å². The Labute approximate surface area is 129 Å². The van der Waals surface area contributed by atoms with Crippen molar-refractivity contribution < 1.29 is 9.53 Å². The maximum Gasteiger partial charge on any atom is 0.222 e. The van der Waals surface area contributed by atoms with Gasteiger partial charge in [-0.2, -0.15) is 0 Å². The van der Waals surface area contributed by atoms with Crippen LogP contribution in [0.25, 0.3) is 0 Å². The van der Waals surface area contributed by atoms with Crippen LogP contribution in [0.1, 0.15) is 65.2 Å². The highest BCUT2D eigenvalue weighted by Crippen LogP contribution is 2.16. The first kappa shape index (κ1) is 17.8. The van der Waals surface area contributed by atoms with Crippen molar-refractivity contribution in [2.75, 3.05) is 19.0 Å². The summed E-state index contributed by atoms with van der Waals surface area (Å²) in [5.74, 6) is 0.734. The quantitative estimate of drug-likeness (QED) is 0.476. The standard InChI is InChI=1S/C16H30ClNO2/c1-3-4-5-6-7-8-9-10-16(19)18-12-15(11-17)20-13-14(18)2/h14-15H,3-13H2,1-2H3. The average molecular weight is 304 g/mol. The third-order valence-corrected chi connectivity index (χ3v) is 4.34. The van der Waals surface area contributed by atoms with Crippen molar-refractivity contribution in [3.63, 3.8) is 0 Å². The predicted octanol–water partition coefficient (Wildman–Crippen LogP) is 3.98. The Morgan fingerprint density at radius 3 is 2.50 bits per heavy atom. The summed E-state index contributed by atoms with van der Waals surface area (Å²) in [7, 11) is 0. The zero-order valence-electron chi connectivity index (χ0n) is 13.1. The summed E-state index contributed by atoms with van der Waals surface area (Å²) in [6.07, 6.45) is 9.40. The molecule has 0 aromatic carbocycles. The minimum Gasteiger partial charge on any atom is -0.373 e. The summed E-state index contributed by atoms with van der Waals surface area (Å²) < 4.78 is 5.57. The van der Waals surface area contributed by atoms with Crippen LogP contribution in [-0.2, 0) is 9.53 Å². The number of hydrogen-bond donors (Lipinski definition) is 0. The molecule has 1 aliphatic heterocycles. The summed E-state index contributed by atoms with van der Waals surface area (Å²) in [4.78, 5) is 14.2. The van der Waals surface area contributed by atoms with Crippen molar-refractivity contribution >= 4 is 17.5 Å². The summed E-state index contributed by atoms with van der Waals surface area (Å²) in [6, 6.07) is 0.187. The molecule has 118 valence electrons. The Morgan fingerprint density at radius 2 is 1.85 bits per heavy atom. The van der Waals surface area contributed by atoms with Gasteiger partial charge in [0.2, 0.25) is 5.91 Å². The van der Waals surface area contributed by atoms with Crippen molar-refractivity contribution in [2.45, 2.75) is 77.4 Å². The van der Waals surface area contributed by atoms with Gasteiger partial charge in [0.05, 0.1) is 24.6 Å². The van der Waals surface area contributed by atoms with Crippen LogP contribution < -0.4 is 0 Å². The molecule has 3 nitrogen and oxygen atoms in total. The Bertz CT molecular complexity index is 273. The average Bonchev–Trinajstić information content (AvgIpc) is 2.46. The lowest BCUT2D eigenvalue weighted by Gasteiger charge is -2.37. The van der Waals surface area contributed by atoms with Crippen LogP contribution in [0.3, 0.4) is 0 Å². The monoisotopic (exact) mass is 303 g/mol. The zero-order chi connectivity index (χ0) is 14.8. The van der Waals surface area contributed by atoms with Crippen molar-refractivity contribution in [3.8, 4) is 0 Å². The molecule has 4 heteroatoms. The fourth-order valence-corrected chi connectivity index (χ4v) is 2.82. The SMILES string of the molecule is CCCCCCCCCC(=O)N1CC(CCl)OCC1C. The van der Waals surface area contributed by atoms with E-state index in [1.165, 1.54) is 38.5 Å². The van der Waals surface area contributed by atoms with E-state index < -0.39 is 0 Å². The van der Waals surface area contributed by atoms with Crippen molar-refractivity contribution in [2.24, 2.45) is 0 Å². The fraction of sp³-hybridized carbons (Fsp3) is 0.938. The lowest BCUT2D eigenvalue weighted by atomic mass is 10.1. The molecule has 0 N–H and O–H groups in total. The van der Waals surface area contributed by atoms with Gasteiger partial charge in [0, 0.05) is 13.0 Å². The molecule has 1 amide bonds. The molecule has 0 bridgehead atoms. The molecular weight excluding hydrogens is 274 g/mol. The van der Waals surface area contributed by atoms with Gasteiger partial charge in [-0.15, -0.1) is 11.6 Å². The van der Waals surface area contributed by atoms with Gasteiger partial charge in [-0.3, -0.25) is 4.79 Å². The van der Waals surface area contributed by atoms with Gasteiger partial charge in [-0.05, 0) is 13.3 Å². The Morgan fingerprint density at radius 1 is 1.20 bits per heavy atom. The van der Waals surface area contributed by atoms with Crippen molar-refractivity contribution in [3.05, 3.63) is 0 Å². The summed E-state index contributed by atoms with van der Waals surface area (Å²) >= 11 is 5.82. The number of carbonyl (C=O) groups excluding carboxylic acids is 1.